The molecule has 1 aliphatic heterocycles. The fraction of sp³-hybridized carbons (Fsp3) is 0.846. The van der Waals surface area contributed by atoms with Crippen LogP contribution >= 0.6 is 0 Å². The normalized spacial score (nSPS) is 16.7. The summed E-state index contributed by atoms with van der Waals surface area (Å²) in [5, 5.41) is 11.4. The highest BCUT2D eigenvalue weighted by molar-refractivity contribution is 5.74. The van der Waals surface area contributed by atoms with E-state index in [1.807, 2.05) is 0 Å². The van der Waals surface area contributed by atoms with Crippen molar-refractivity contribution in [2.24, 2.45) is 5.92 Å². The van der Waals surface area contributed by atoms with Crippen LogP contribution in [0.4, 0.5) is 4.79 Å². The standard InChI is InChI=1S/C13H24N2O4/c1-10(2)9-14-13(18)15-6-3-11(4-7-15)19-8-5-12(16)17/h10-11H,3-9H2,1-2H3,(H,14,18)(H,16,17). The van der Waals surface area contributed by atoms with E-state index in [9.17, 15) is 9.59 Å². The van der Waals surface area contributed by atoms with Gasteiger partial charge in [0.2, 0.25) is 0 Å². The maximum atomic E-state index is 11.8. The van der Waals surface area contributed by atoms with Gasteiger partial charge in [0.05, 0.1) is 19.1 Å². The van der Waals surface area contributed by atoms with E-state index in [-0.39, 0.29) is 25.2 Å². The highest BCUT2D eigenvalue weighted by Gasteiger charge is 2.23. The summed E-state index contributed by atoms with van der Waals surface area (Å²) in [6.45, 7) is 6.39. The number of nitrogens with one attached hydrogen (secondary N) is 1. The van der Waals surface area contributed by atoms with Crippen LogP contribution in [0.1, 0.15) is 33.1 Å². The van der Waals surface area contributed by atoms with Gasteiger partial charge in [0.1, 0.15) is 0 Å². The first-order valence-electron chi connectivity index (χ1n) is 6.85. The zero-order chi connectivity index (χ0) is 14.3. The molecule has 6 heteroatoms. The molecule has 19 heavy (non-hydrogen) atoms. The van der Waals surface area contributed by atoms with Gasteiger partial charge in [-0.25, -0.2) is 4.79 Å². The number of piperidine rings is 1. The first-order valence-corrected chi connectivity index (χ1v) is 6.85. The lowest BCUT2D eigenvalue weighted by Gasteiger charge is -2.32. The average Bonchev–Trinajstić information content (AvgIpc) is 2.36. The number of amides is 2. The van der Waals surface area contributed by atoms with Gasteiger partial charge in [-0.3, -0.25) is 4.79 Å². The zero-order valence-corrected chi connectivity index (χ0v) is 11.7. The average molecular weight is 272 g/mol. The number of hydrogen-bond acceptors (Lipinski definition) is 3. The Morgan fingerprint density at radius 1 is 1.37 bits per heavy atom. The largest absolute Gasteiger partial charge is 0.481 e. The first kappa shape index (κ1) is 15.8. The molecule has 0 aromatic heterocycles. The van der Waals surface area contributed by atoms with Gasteiger partial charge in [-0.15, -0.1) is 0 Å². The van der Waals surface area contributed by atoms with Crippen molar-refractivity contribution in [3.63, 3.8) is 0 Å². The summed E-state index contributed by atoms with van der Waals surface area (Å²) in [5.74, 6) is -0.397. The van der Waals surface area contributed by atoms with Crippen LogP contribution in [-0.4, -0.2) is 54.4 Å². The smallest absolute Gasteiger partial charge is 0.317 e. The third-order valence-corrected chi connectivity index (χ3v) is 3.06. The molecule has 0 radical (unpaired) electrons. The summed E-state index contributed by atoms with van der Waals surface area (Å²) >= 11 is 0. The molecule has 0 saturated carbocycles. The number of carbonyl (C=O) groups excluding carboxylic acids is 1. The number of carboxylic acids is 1. The molecule has 0 aliphatic carbocycles. The van der Waals surface area contributed by atoms with Crippen molar-refractivity contribution in [1.82, 2.24) is 10.2 Å². The molecule has 0 atom stereocenters. The minimum Gasteiger partial charge on any atom is -0.481 e. The van der Waals surface area contributed by atoms with Crippen molar-refractivity contribution >= 4 is 12.0 Å². The zero-order valence-electron chi connectivity index (χ0n) is 11.7. The van der Waals surface area contributed by atoms with Crippen molar-refractivity contribution in [2.75, 3.05) is 26.2 Å². The first-order chi connectivity index (χ1) is 8.99. The molecular weight excluding hydrogens is 248 g/mol. The maximum absolute atomic E-state index is 11.8. The van der Waals surface area contributed by atoms with E-state index in [1.54, 1.807) is 4.90 Å². The lowest BCUT2D eigenvalue weighted by Crippen LogP contribution is -2.46. The lowest BCUT2D eigenvalue weighted by molar-refractivity contribution is -0.138. The molecular formula is C13H24N2O4. The minimum absolute atomic E-state index is 0.0160. The topological polar surface area (TPSA) is 78.9 Å². The maximum Gasteiger partial charge on any atom is 0.317 e. The molecule has 110 valence electrons. The van der Waals surface area contributed by atoms with Crippen LogP contribution in [0.2, 0.25) is 0 Å². The van der Waals surface area contributed by atoms with E-state index in [2.05, 4.69) is 19.2 Å². The third-order valence-electron chi connectivity index (χ3n) is 3.06. The molecule has 1 fully saturated rings. The van der Waals surface area contributed by atoms with Crippen molar-refractivity contribution < 1.29 is 19.4 Å². The van der Waals surface area contributed by atoms with Crippen LogP contribution in [0.5, 0.6) is 0 Å². The molecule has 0 unspecified atom stereocenters. The number of urea groups is 1. The number of nitrogens with zero attached hydrogens (tertiary/aromatic N) is 1. The Balaban J connectivity index is 2.17. The van der Waals surface area contributed by atoms with E-state index in [4.69, 9.17) is 9.84 Å². The molecule has 1 aliphatic rings. The molecule has 0 spiro atoms. The van der Waals surface area contributed by atoms with E-state index in [0.717, 1.165) is 12.8 Å². The van der Waals surface area contributed by atoms with E-state index >= 15 is 0 Å². The Morgan fingerprint density at radius 2 is 2.00 bits per heavy atom. The number of aliphatic carboxylic acids is 1. The predicted molar refractivity (Wildman–Crippen MR) is 71.0 cm³/mol. The van der Waals surface area contributed by atoms with Crippen LogP contribution in [0.3, 0.4) is 0 Å². The summed E-state index contributed by atoms with van der Waals surface area (Å²) < 4.78 is 5.48. The van der Waals surface area contributed by atoms with Crippen LogP contribution in [0.25, 0.3) is 0 Å². The summed E-state index contributed by atoms with van der Waals surface area (Å²) in [7, 11) is 0. The van der Waals surface area contributed by atoms with Gasteiger partial charge < -0.3 is 20.1 Å². The molecule has 6 nitrogen and oxygen atoms in total. The van der Waals surface area contributed by atoms with E-state index in [0.29, 0.717) is 25.6 Å². The Morgan fingerprint density at radius 3 is 2.53 bits per heavy atom. The summed E-state index contributed by atoms with van der Waals surface area (Å²) in [6, 6.07) is -0.0160. The third kappa shape index (κ3) is 6.42. The number of hydrogen-bond donors (Lipinski definition) is 2. The number of carbonyl (C=O) groups is 2. The molecule has 1 heterocycles. The van der Waals surface area contributed by atoms with Crippen molar-refractivity contribution in [1.29, 1.82) is 0 Å². The van der Waals surface area contributed by atoms with Crippen LogP contribution in [0.15, 0.2) is 0 Å². The summed E-state index contributed by atoms with van der Waals surface area (Å²) in [5.41, 5.74) is 0. The Bertz CT molecular complexity index is 299. The highest BCUT2D eigenvalue weighted by Crippen LogP contribution is 2.14. The Labute approximate surface area is 114 Å². The van der Waals surface area contributed by atoms with Crippen LogP contribution < -0.4 is 5.32 Å². The van der Waals surface area contributed by atoms with Crippen molar-refractivity contribution in [3.05, 3.63) is 0 Å². The monoisotopic (exact) mass is 272 g/mol. The summed E-state index contributed by atoms with van der Waals surface area (Å²) in [4.78, 5) is 24.0. The van der Waals surface area contributed by atoms with E-state index < -0.39 is 5.97 Å². The lowest BCUT2D eigenvalue weighted by atomic mass is 10.1. The number of ether oxygens (including phenoxy) is 1. The Kier molecular flexibility index (Phi) is 6.62. The Hall–Kier alpha value is -1.30. The fourth-order valence-corrected chi connectivity index (χ4v) is 1.94. The van der Waals surface area contributed by atoms with Crippen molar-refractivity contribution in [2.45, 2.75) is 39.2 Å². The van der Waals surface area contributed by atoms with Gasteiger partial charge in [0.25, 0.3) is 0 Å². The van der Waals surface area contributed by atoms with Gasteiger partial charge in [0, 0.05) is 19.6 Å². The molecule has 0 bridgehead atoms. The van der Waals surface area contributed by atoms with Crippen LogP contribution in [-0.2, 0) is 9.53 Å². The van der Waals surface area contributed by atoms with Gasteiger partial charge in [0.15, 0.2) is 0 Å². The van der Waals surface area contributed by atoms with Gasteiger partial charge in [-0.2, -0.15) is 0 Å². The highest BCUT2D eigenvalue weighted by atomic mass is 16.5. The van der Waals surface area contributed by atoms with Gasteiger partial charge in [-0.05, 0) is 18.8 Å². The molecule has 0 aromatic carbocycles. The SMILES string of the molecule is CC(C)CNC(=O)N1CCC(OCCC(=O)O)CC1. The molecule has 1 saturated heterocycles. The van der Waals surface area contributed by atoms with Gasteiger partial charge >= 0.3 is 12.0 Å². The molecule has 2 N–H and O–H groups in total. The quantitative estimate of drug-likeness (QED) is 0.764. The number of likely N-dealkylation sites (tertiary alicyclic amines) is 1. The second kappa shape index (κ2) is 7.99. The van der Waals surface area contributed by atoms with Crippen molar-refractivity contribution in [3.8, 4) is 0 Å². The fourth-order valence-electron chi connectivity index (χ4n) is 1.94. The number of rotatable bonds is 6. The second-order valence-corrected chi connectivity index (χ2v) is 5.28. The van der Waals surface area contributed by atoms with Gasteiger partial charge in [-0.1, -0.05) is 13.8 Å². The predicted octanol–water partition coefficient (Wildman–Crippen LogP) is 1.31. The van der Waals surface area contributed by atoms with Crippen LogP contribution in [0, 0.1) is 5.92 Å². The van der Waals surface area contributed by atoms with E-state index in [1.165, 1.54) is 0 Å². The summed E-state index contributed by atoms with van der Waals surface area (Å²) in [6.07, 6.45) is 1.66. The second-order valence-electron chi connectivity index (χ2n) is 5.28. The number of carboxylic acid groups (broad SMARTS) is 1. The minimum atomic E-state index is -0.842. The molecule has 0 aromatic rings. The molecule has 2 amide bonds. The molecule has 1 rings (SSSR count).